The van der Waals surface area contributed by atoms with Gasteiger partial charge >= 0.3 is 0 Å². The molecule has 0 radical (unpaired) electrons. The van der Waals surface area contributed by atoms with E-state index in [0.717, 1.165) is 0 Å². The van der Waals surface area contributed by atoms with Gasteiger partial charge in [-0.05, 0) is 12.1 Å². The van der Waals surface area contributed by atoms with Crippen LogP contribution in [0.4, 0.5) is 10.1 Å². The first-order valence-electron chi connectivity index (χ1n) is 5.28. The molecule has 0 bridgehead atoms. The number of hydrogen-bond donors (Lipinski definition) is 2. The number of carbonyl (C=O) groups excluding carboxylic acids is 2. The minimum absolute atomic E-state index is 0.177. The molecule has 0 atom stereocenters. The second-order valence-electron chi connectivity index (χ2n) is 3.80. The van der Waals surface area contributed by atoms with Crippen LogP contribution in [0.3, 0.4) is 0 Å². The lowest BCUT2D eigenvalue weighted by Crippen LogP contribution is -2.32. The van der Waals surface area contributed by atoms with Crippen LogP contribution in [-0.2, 0) is 9.59 Å². The lowest BCUT2D eigenvalue weighted by molar-refractivity contribution is -0.121. The molecule has 5 nitrogen and oxygen atoms in total. The van der Waals surface area contributed by atoms with Crippen molar-refractivity contribution in [3.8, 4) is 0 Å². The fourth-order valence-electron chi connectivity index (χ4n) is 1.47. The first kappa shape index (κ1) is 13.8. The van der Waals surface area contributed by atoms with Gasteiger partial charge in [0, 0.05) is 18.5 Å². The zero-order valence-corrected chi connectivity index (χ0v) is 11.0. The molecule has 1 aliphatic rings. The molecule has 1 heterocycles. The van der Waals surface area contributed by atoms with Gasteiger partial charge < -0.3 is 5.32 Å². The second-order valence-corrected chi connectivity index (χ2v) is 4.62. The summed E-state index contributed by atoms with van der Waals surface area (Å²) in [7, 11) is 0. The Kier molecular flexibility index (Phi) is 4.01. The molecule has 8 heteroatoms. The summed E-state index contributed by atoms with van der Waals surface area (Å²) in [5.74, 6) is -1.49. The Morgan fingerprint density at radius 3 is 2.47 bits per heavy atom. The molecule has 0 spiro atoms. The summed E-state index contributed by atoms with van der Waals surface area (Å²) >= 11 is 11.2. The average Bonchev–Trinajstić information content (AvgIpc) is 2.36. The largest absolute Gasteiger partial charge is 0.321 e. The van der Waals surface area contributed by atoms with E-state index < -0.39 is 11.7 Å². The number of nitrogens with one attached hydrogen (secondary N) is 2. The quantitative estimate of drug-likeness (QED) is 0.823. The standard InChI is InChI=1S/C11H8Cl2FN3O2/c12-6-3-5(4-7(13)10(6)14)15-11(19)8-1-2-9(18)17-16-8/h3-4H,1-2H2,(H,15,19)(H,17,18). The SMILES string of the molecule is O=C1CCC(C(=O)Nc2cc(Cl)c(F)c(Cl)c2)=NN1. The van der Waals surface area contributed by atoms with Crippen LogP contribution in [0, 0.1) is 5.82 Å². The number of rotatable bonds is 2. The van der Waals surface area contributed by atoms with Crippen LogP contribution >= 0.6 is 23.2 Å². The van der Waals surface area contributed by atoms with Gasteiger partial charge in [-0.25, -0.2) is 9.82 Å². The lowest BCUT2D eigenvalue weighted by atomic mass is 10.1. The highest BCUT2D eigenvalue weighted by molar-refractivity contribution is 6.44. The van der Waals surface area contributed by atoms with Crippen molar-refractivity contribution in [3.05, 3.63) is 28.0 Å². The molecule has 2 amide bonds. The van der Waals surface area contributed by atoms with Crippen molar-refractivity contribution in [1.82, 2.24) is 5.43 Å². The average molecular weight is 304 g/mol. The van der Waals surface area contributed by atoms with Gasteiger partial charge in [0.05, 0.1) is 10.0 Å². The molecule has 1 aromatic carbocycles. The Labute approximate surface area is 117 Å². The Morgan fingerprint density at radius 2 is 1.95 bits per heavy atom. The zero-order valence-electron chi connectivity index (χ0n) is 9.47. The molecule has 0 saturated carbocycles. The molecule has 0 aromatic heterocycles. The summed E-state index contributed by atoms with van der Waals surface area (Å²) in [5, 5.41) is 5.73. The summed E-state index contributed by atoms with van der Waals surface area (Å²) in [6, 6.07) is 2.48. The predicted octanol–water partition coefficient (Wildman–Crippen LogP) is 2.34. The van der Waals surface area contributed by atoms with E-state index >= 15 is 0 Å². The van der Waals surface area contributed by atoms with E-state index in [-0.39, 0.29) is 40.2 Å². The first-order chi connectivity index (χ1) is 8.97. The van der Waals surface area contributed by atoms with E-state index in [1.165, 1.54) is 12.1 Å². The van der Waals surface area contributed by atoms with Crippen molar-refractivity contribution in [2.45, 2.75) is 12.8 Å². The van der Waals surface area contributed by atoms with Gasteiger partial charge in [-0.3, -0.25) is 9.59 Å². The van der Waals surface area contributed by atoms with E-state index in [0.29, 0.717) is 0 Å². The molecule has 0 fully saturated rings. The third-order valence-electron chi connectivity index (χ3n) is 2.41. The Bertz CT molecular complexity index is 566. The van der Waals surface area contributed by atoms with Crippen molar-refractivity contribution in [3.63, 3.8) is 0 Å². The topological polar surface area (TPSA) is 70.6 Å². The van der Waals surface area contributed by atoms with Gasteiger partial charge in [0.25, 0.3) is 5.91 Å². The number of carbonyl (C=O) groups is 2. The Hall–Kier alpha value is -1.66. The van der Waals surface area contributed by atoms with E-state index in [9.17, 15) is 14.0 Å². The highest BCUT2D eigenvalue weighted by Crippen LogP contribution is 2.27. The van der Waals surface area contributed by atoms with Gasteiger partial charge in [0.15, 0.2) is 5.82 Å². The van der Waals surface area contributed by atoms with Crippen LogP contribution in [0.5, 0.6) is 0 Å². The Morgan fingerprint density at radius 1 is 1.32 bits per heavy atom. The second kappa shape index (κ2) is 5.54. The number of hydrazone groups is 1. The molecule has 19 heavy (non-hydrogen) atoms. The van der Waals surface area contributed by atoms with Crippen molar-refractivity contribution < 1.29 is 14.0 Å². The van der Waals surface area contributed by atoms with Crippen molar-refractivity contribution in [2.75, 3.05) is 5.32 Å². The number of nitrogens with zero attached hydrogens (tertiary/aromatic N) is 1. The molecular weight excluding hydrogens is 296 g/mol. The summed E-state index contributed by atoms with van der Waals surface area (Å²) in [5.41, 5.74) is 2.63. The van der Waals surface area contributed by atoms with Crippen LogP contribution in [0.2, 0.25) is 10.0 Å². The van der Waals surface area contributed by atoms with Crippen LogP contribution in [0.25, 0.3) is 0 Å². The molecular formula is C11H8Cl2FN3O2. The summed E-state index contributed by atoms with van der Waals surface area (Å²) in [6.45, 7) is 0. The van der Waals surface area contributed by atoms with Gasteiger partial charge in [0.1, 0.15) is 5.71 Å². The molecule has 0 unspecified atom stereocenters. The third kappa shape index (κ3) is 3.21. The zero-order chi connectivity index (χ0) is 14.0. The maximum atomic E-state index is 13.2. The first-order valence-corrected chi connectivity index (χ1v) is 6.04. The van der Waals surface area contributed by atoms with E-state index in [4.69, 9.17) is 23.2 Å². The molecule has 1 aromatic rings. The van der Waals surface area contributed by atoms with Crippen LogP contribution < -0.4 is 10.7 Å². The van der Waals surface area contributed by atoms with Crippen molar-refractivity contribution in [2.24, 2.45) is 5.10 Å². The van der Waals surface area contributed by atoms with Crippen molar-refractivity contribution >= 4 is 46.4 Å². The van der Waals surface area contributed by atoms with Gasteiger partial charge in [-0.1, -0.05) is 23.2 Å². The third-order valence-corrected chi connectivity index (χ3v) is 2.96. The maximum Gasteiger partial charge on any atom is 0.271 e. The molecule has 1 aliphatic heterocycles. The molecule has 0 aliphatic carbocycles. The fraction of sp³-hybridized carbons (Fsp3) is 0.182. The molecule has 2 N–H and O–H groups in total. The van der Waals surface area contributed by atoms with Gasteiger partial charge in [-0.2, -0.15) is 5.10 Å². The summed E-state index contributed by atoms with van der Waals surface area (Å²) in [4.78, 5) is 22.7. The normalized spacial score (nSPS) is 14.7. The number of hydrogen-bond acceptors (Lipinski definition) is 3. The van der Waals surface area contributed by atoms with Gasteiger partial charge in [-0.15, -0.1) is 0 Å². The van der Waals surface area contributed by atoms with E-state index in [1.807, 2.05) is 0 Å². The Balaban J connectivity index is 2.13. The number of anilines is 1. The van der Waals surface area contributed by atoms with Crippen LogP contribution in [0.15, 0.2) is 17.2 Å². The van der Waals surface area contributed by atoms with E-state index in [1.54, 1.807) is 0 Å². The highest BCUT2D eigenvalue weighted by Gasteiger charge is 2.19. The minimum Gasteiger partial charge on any atom is -0.321 e. The highest BCUT2D eigenvalue weighted by atomic mass is 35.5. The van der Waals surface area contributed by atoms with Crippen LogP contribution in [-0.4, -0.2) is 17.5 Å². The van der Waals surface area contributed by atoms with Gasteiger partial charge in [0.2, 0.25) is 5.91 Å². The van der Waals surface area contributed by atoms with Crippen molar-refractivity contribution in [1.29, 1.82) is 0 Å². The lowest BCUT2D eigenvalue weighted by Gasteiger charge is -2.12. The summed E-state index contributed by atoms with van der Waals surface area (Å²) in [6.07, 6.45) is 0.428. The maximum absolute atomic E-state index is 13.2. The summed E-state index contributed by atoms with van der Waals surface area (Å²) < 4.78 is 13.2. The monoisotopic (exact) mass is 303 g/mol. The smallest absolute Gasteiger partial charge is 0.271 e. The molecule has 100 valence electrons. The fourth-order valence-corrected chi connectivity index (χ4v) is 1.96. The van der Waals surface area contributed by atoms with Crippen LogP contribution in [0.1, 0.15) is 12.8 Å². The molecule has 0 saturated heterocycles. The van der Waals surface area contributed by atoms with E-state index in [2.05, 4.69) is 15.8 Å². The minimum atomic E-state index is -0.747. The molecule has 2 rings (SSSR count). The number of amides is 2. The predicted molar refractivity (Wildman–Crippen MR) is 69.9 cm³/mol. The number of halogens is 3. The number of benzene rings is 1.